The lowest BCUT2D eigenvalue weighted by atomic mass is 10.1. The van der Waals surface area contributed by atoms with E-state index in [0.29, 0.717) is 24.1 Å². The molecule has 168 valence electrons. The summed E-state index contributed by atoms with van der Waals surface area (Å²) in [5.41, 5.74) is 1.39. The molecule has 0 aliphatic carbocycles. The van der Waals surface area contributed by atoms with Crippen LogP contribution in [0.3, 0.4) is 0 Å². The molecule has 8 nitrogen and oxygen atoms in total. The number of carbonyl (C=O) groups is 1. The Morgan fingerprint density at radius 3 is 2.35 bits per heavy atom. The summed E-state index contributed by atoms with van der Waals surface area (Å²) in [6.45, 7) is 7.02. The molecule has 0 saturated heterocycles. The molecular formula is C21H26ClN3O5S. The number of nitrogens with zero attached hydrogens (tertiary/aromatic N) is 2. The van der Waals surface area contributed by atoms with Gasteiger partial charge in [0.2, 0.25) is 5.91 Å². The summed E-state index contributed by atoms with van der Waals surface area (Å²) in [6.07, 6.45) is 1.42. The summed E-state index contributed by atoms with van der Waals surface area (Å²) in [4.78, 5) is 22.9. The number of anilines is 1. The molecular weight excluding hydrogens is 442 g/mol. The average molecular weight is 468 g/mol. The zero-order valence-electron chi connectivity index (χ0n) is 17.9. The first-order valence-corrected chi connectivity index (χ1v) is 11.7. The summed E-state index contributed by atoms with van der Waals surface area (Å²) in [5.74, 6) is -0.458. The van der Waals surface area contributed by atoms with E-state index in [1.807, 2.05) is 20.8 Å². The van der Waals surface area contributed by atoms with Crippen LogP contribution in [0.5, 0.6) is 0 Å². The highest BCUT2D eigenvalue weighted by atomic mass is 35.5. The molecule has 2 aromatic rings. The van der Waals surface area contributed by atoms with E-state index in [1.165, 1.54) is 6.07 Å². The van der Waals surface area contributed by atoms with E-state index >= 15 is 0 Å². The standard InChI is InChI=1S/C21H26ClN3O5S/c1-5-16(6-2)23-21(26)13-24(19-10-7-14(3)11-15(19)4)31(29,30)17-8-9-18(22)20(12-17)25(27)28/h7-12,16H,5-6,13H2,1-4H3,(H,23,26). The number of hydrogen-bond donors (Lipinski definition) is 1. The van der Waals surface area contributed by atoms with E-state index in [1.54, 1.807) is 25.1 Å². The first-order chi connectivity index (χ1) is 14.5. The number of sulfonamides is 1. The summed E-state index contributed by atoms with van der Waals surface area (Å²) >= 11 is 5.84. The third kappa shape index (κ3) is 5.74. The van der Waals surface area contributed by atoms with Crippen molar-refractivity contribution in [3.8, 4) is 0 Å². The maximum Gasteiger partial charge on any atom is 0.289 e. The van der Waals surface area contributed by atoms with Crippen molar-refractivity contribution in [1.82, 2.24) is 5.32 Å². The van der Waals surface area contributed by atoms with Crippen molar-refractivity contribution in [1.29, 1.82) is 0 Å². The quantitative estimate of drug-likeness (QED) is 0.435. The van der Waals surface area contributed by atoms with Gasteiger partial charge in [-0.1, -0.05) is 43.1 Å². The molecule has 1 amide bonds. The molecule has 0 radical (unpaired) electrons. The van der Waals surface area contributed by atoms with Crippen LogP contribution < -0.4 is 9.62 Å². The number of amides is 1. The van der Waals surface area contributed by atoms with Crippen molar-refractivity contribution in [2.45, 2.75) is 51.5 Å². The van der Waals surface area contributed by atoms with Crippen LogP contribution >= 0.6 is 11.6 Å². The lowest BCUT2D eigenvalue weighted by molar-refractivity contribution is -0.384. The average Bonchev–Trinajstić information content (AvgIpc) is 2.70. The molecule has 1 N–H and O–H groups in total. The number of nitrogens with one attached hydrogen (secondary N) is 1. The van der Waals surface area contributed by atoms with E-state index in [4.69, 9.17) is 11.6 Å². The monoisotopic (exact) mass is 467 g/mol. The van der Waals surface area contributed by atoms with Gasteiger partial charge in [0, 0.05) is 12.1 Å². The second kappa shape index (κ2) is 10.1. The van der Waals surface area contributed by atoms with Gasteiger partial charge in [-0.25, -0.2) is 8.42 Å². The Morgan fingerprint density at radius 1 is 1.16 bits per heavy atom. The number of nitro benzene ring substituents is 1. The fraction of sp³-hybridized carbons (Fsp3) is 0.381. The highest BCUT2D eigenvalue weighted by molar-refractivity contribution is 7.92. The number of aryl methyl sites for hydroxylation is 2. The van der Waals surface area contributed by atoms with E-state index in [0.717, 1.165) is 22.0 Å². The Hall–Kier alpha value is -2.65. The van der Waals surface area contributed by atoms with Crippen molar-refractivity contribution in [2.75, 3.05) is 10.8 Å². The number of nitro groups is 1. The lowest BCUT2D eigenvalue weighted by Crippen LogP contribution is -2.44. The van der Waals surface area contributed by atoms with Crippen LogP contribution in [0.1, 0.15) is 37.8 Å². The molecule has 0 unspecified atom stereocenters. The minimum Gasteiger partial charge on any atom is -0.352 e. The molecule has 0 fully saturated rings. The fourth-order valence-electron chi connectivity index (χ4n) is 3.20. The highest BCUT2D eigenvalue weighted by Gasteiger charge is 2.30. The van der Waals surface area contributed by atoms with Crippen molar-refractivity contribution in [2.24, 2.45) is 0 Å². The number of rotatable bonds is 9. The molecule has 0 atom stereocenters. The minimum absolute atomic E-state index is 0.0761. The Labute approximate surface area is 187 Å². The van der Waals surface area contributed by atoms with Crippen LogP contribution in [0.15, 0.2) is 41.3 Å². The molecule has 31 heavy (non-hydrogen) atoms. The molecule has 0 saturated carbocycles. The number of benzene rings is 2. The third-order valence-corrected chi connectivity index (χ3v) is 7.04. The van der Waals surface area contributed by atoms with Gasteiger partial charge < -0.3 is 5.32 Å². The Balaban J connectivity index is 2.57. The topological polar surface area (TPSA) is 110 Å². The summed E-state index contributed by atoms with van der Waals surface area (Å²) in [7, 11) is -4.30. The molecule has 0 bridgehead atoms. The van der Waals surface area contributed by atoms with Crippen molar-refractivity contribution in [3.63, 3.8) is 0 Å². The van der Waals surface area contributed by atoms with Gasteiger partial charge in [-0.3, -0.25) is 19.2 Å². The molecule has 0 heterocycles. The zero-order chi connectivity index (χ0) is 23.3. The molecule has 10 heteroatoms. The SMILES string of the molecule is CCC(CC)NC(=O)CN(c1ccc(C)cc1C)S(=O)(=O)c1ccc(Cl)c([N+](=O)[O-])c1. The van der Waals surface area contributed by atoms with Crippen LogP contribution in [-0.2, 0) is 14.8 Å². The predicted octanol–water partition coefficient (Wildman–Crippen LogP) is 4.37. The Bertz CT molecular complexity index is 1080. The van der Waals surface area contributed by atoms with Gasteiger partial charge in [0.15, 0.2) is 0 Å². The van der Waals surface area contributed by atoms with E-state index < -0.39 is 33.1 Å². The molecule has 2 aromatic carbocycles. The summed E-state index contributed by atoms with van der Waals surface area (Å²) < 4.78 is 28.0. The maximum atomic E-state index is 13.5. The van der Waals surface area contributed by atoms with Crippen LogP contribution in [0.25, 0.3) is 0 Å². The normalized spacial score (nSPS) is 11.4. The summed E-state index contributed by atoms with van der Waals surface area (Å²) in [5, 5.41) is 13.9. The van der Waals surface area contributed by atoms with Crippen molar-refractivity contribution >= 4 is 38.9 Å². The second-order valence-electron chi connectivity index (χ2n) is 7.25. The molecule has 0 aromatic heterocycles. The zero-order valence-corrected chi connectivity index (χ0v) is 19.5. The molecule has 2 rings (SSSR count). The van der Waals surface area contributed by atoms with Crippen molar-refractivity contribution < 1.29 is 18.1 Å². The van der Waals surface area contributed by atoms with Gasteiger partial charge in [0.05, 0.1) is 15.5 Å². The molecule has 0 aliphatic heterocycles. The van der Waals surface area contributed by atoms with Gasteiger partial charge in [-0.2, -0.15) is 0 Å². The van der Waals surface area contributed by atoms with Gasteiger partial charge in [0.1, 0.15) is 11.6 Å². The van der Waals surface area contributed by atoms with Gasteiger partial charge in [0.25, 0.3) is 15.7 Å². The molecule has 0 spiro atoms. The van der Waals surface area contributed by atoms with Gasteiger partial charge >= 0.3 is 0 Å². The van der Waals surface area contributed by atoms with Gasteiger partial charge in [-0.15, -0.1) is 0 Å². The van der Waals surface area contributed by atoms with E-state index in [-0.39, 0.29) is 16.0 Å². The predicted molar refractivity (Wildman–Crippen MR) is 121 cm³/mol. The van der Waals surface area contributed by atoms with E-state index in [9.17, 15) is 23.3 Å². The van der Waals surface area contributed by atoms with Crippen LogP contribution in [0.2, 0.25) is 5.02 Å². The van der Waals surface area contributed by atoms with Crippen LogP contribution in [0, 0.1) is 24.0 Å². The van der Waals surface area contributed by atoms with E-state index in [2.05, 4.69) is 5.32 Å². The largest absolute Gasteiger partial charge is 0.352 e. The first kappa shape index (κ1) is 24.6. The molecule has 0 aliphatic rings. The minimum atomic E-state index is -4.30. The lowest BCUT2D eigenvalue weighted by Gasteiger charge is -2.27. The number of hydrogen-bond acceptors (Lipinski definition) is 5. The highest BCUT2D eigenvalue weighted by Crippen LogP contribution is 2.32. The smallest absolute Gasteiger partial charge is 0.289 e. The second-order valence-corrected chi connectivity index (χ2v) is 9.52. The maximum absolute atomic E-state index is 13.5. The Morgan fingerprint density at radius 2 is 1.81 bits per heavy atom. The Kier molecular flexibility index (Phi) is 8.02. The van der Waals surface area contributed by atoms with Crippen LogP contribution in [-0.4, -0.2) is 31.8 Å². The van der Waals surface area contributed by atoms with Gasteiger partial charge in [-0.05, 0) is 50.5 Å². The fourth-order valence-corrected chi connectivity index (χ4v) is 4.89. The number of halogens is 1. The number of carbonyl (C=O) groups excluding carboxylic acids is 1. The van der Waals surface area contributed by atoms with Crippen molar-refractivity contribution in [3.05, 3.63) is 62.7 Å². The first-order valence-electron chi connectivity index (χ1n) is 9.84. The van der Waals surface area contributed by atoms with Crippen LogP contribution in [0.4, 0.5) is 11.4 Å². The summed E-state index contributed by atoms with van der Waals surface area (Å²) in [6, 6.07) is 8.36. The third-order valence-electron chi connectivity index (χ3n) is 4.96.